The lowest BCUT2D eigenvalue weighted by Gasteiger charge is -2.34. The van der Waals surface area contributed by atoms with Crippen molar-refractivity contribution in [2.75, 3.05) is 6.54 Å². The monoisotopic (exact) mass is 377 g/mol. The summed E-state index contributed by atoms with van der Waals surface area (Å²) >= 11 is 0. The number of aryl methyl sites for hydroxylation is 1. The summed E-state index contributed by atoms with van der Waals surface area (Å²) < 4.78 is 27.4. The van der Waals surface area contributed by atoms with Crippen LogP contribution in [0.1, 0.15) is 33.0 Å². The van der Waals surface area contributed by atoms with Crippen LogP contribution < -0.4 is 0 Å². The Kier molecular flexibility index (Phi) is 4.32. The molecule has 4 nitrogen and oxygen atoms in total. The molecule has 0 saturated carbocycles. The summed E-state index contributed by atoms with van der Waals surface area (Å²) in [6.07, 6.45) is 0. The molecule has 0 fully saturated rings. The molecule has 1 aliphatic rings. The van der Waals surface area contributed by atoms with Crippen molar-refractivity contribution < 1.29 is 13.2 Å². The third-order valence-electron chi connectivity index (χ3n) is 4.95. The first-order chi connectivity index (χ1) is 13.0. The summed E-state index contributed by atoms with van der Waals surface area (Å²) in [4.78, 5) is 13.2. The highest BCUT2D eigenvalue weighted by Crippen LogP contribution is 2.35. The van der Waals surface area contributed by atoms with Gasteiger partial charge in [-0.15, -0.1) is 0 Å². The van der Waals surface area contributed by atoms with Gasteiger partial charge in [-0.05, 0) is 36.2 Å². The van der Waals surface area contributed by atoms with E-state index >= 15 is 0 Å². The van der Waals surface area contributed by atoms with Gasteiger partial charge in [0.05, 0.1) is 4.90 Å². The molecular formula is C22H19NO3S. The predicted molar refractivity (Wildman–Crippen MR) is 104 cm³/mol. The average Bonchev–Trinajstić information content (AvgIpc) is 2.69. The second-order valence-electron chi connectivity index (χ2n) is 6.70. The molecule has 1 heterocycles. The van der Waals surface area contributed by atoms with Crippen molar-refractivity contribution in [2.45, 2.75) is 17.7 Å². The fraction of sp³-hybridized carbons (Fsp3) is 0.136. The van der Waals surface area contributed by atoms with E-state index in [1.165, 1.54) is 0 Å². The van der Waals surface area contributed by atoms with Crippen molar-refractivity contribution in [3.63, 3.8) is 0 Å². The topological polar surface area (TPSA) is 54.5 Å². The smallest absolute Gasteiger partial charge is 0.267 e. The van der Waals surface area contributed by atoms with Gasteiger partial charge in [0.25, 0.3) is 15.9 Å². The van der Waals surface area contributed by atoms with E-state index in [0.29, 0.717) is 5.56 Å². The predicted octanol–water partition coefficient (Wildman–Crippen LogP) is 3.97. The number of amides is 1. The van der Waals surface area contributed by atoms with Crippen LogP contribution in [0.15, 0.2) is 83.8 Å². The Bertz CT molecular complexity index is 1090. The van der Waals surface area contributed by atoms with Crippen molar-refractivity contribution >= 4 is 15.9 Å². The molecule has 0 unspecified atom stereocenters. The lowest BCUT2D eigenvalue weighted by molar-refractivity contribution is 0.0843. The SMILES string of the molecule is Cc1ccc(S(=O)(=O)N2C[C@@H](c3ccccc3)c3ccccc3C2=O)cc1. The van der Waals surface area contributed by atoms with Crippen LogP contribution in [0, 0.1) is 6.92 Å². The molecule has 1 amide bonds. The molecule has 5 heteroatoms. The molecule has 3 aromatic rings. The van der Waals surface area contributed by atoms with Crippen molar-refractivity contribution in [3.05, 3.63) is 101 Å². The molecule has 27 heavy (non-hydrogen) atoms. The molecule has 0 radical (unpaired) electrons. The van der Waals surface area contributed by atoms with Crippen molar-refractivity contribution in [1.82, 2.24) is 4.31 Å². The summed E-state index contributed by atoms with van der Waals surface area (Å²) in [5, 5.41) is 0. The van der Waals surface area contributed by atoms with Crippen LogP contribution in [-0.4, -0.2) is 25.2 Å². The first-order valence-corrected chi connectivity index (χ1v) is 10.2. The molecule has 0 saturated heterocycles. The number of hydrogen-bond acceptors (Lipinski definition) is 3. The lowest BCUT2D eigenvalue weighted by atomic mass is 9.85. The Balaban J connectivity index is 1.83. The Morgan fingerprint density at radius 1 is 0.852 bits per heavy atom. The van der Waals surface area contributed by atoms with Crippen molar-refractivity contribution in [3.8, 4) is 0 Å². The van der Waals surface area contributed by atoms with Crippen molar-refractivity contribution in [2.24, 2.45) is 0 Å². The summed E-state index contributed by atoms with van der Waals surface area (Å²) in [5.41, 5.74) is 3.25. The van der Waals surface area contributed by atoms with Gasteiger partial charge < -0.3 is 0 Å². The molecule has 136 valence electrons. The highest BCUT2D eigenvalue weighted by atomic mass is 32.2. The molecule has 4 rings (SSSR count). The molecule has 0 bridgehead atoms. The fourth-order valence-electron chi connectivity index (χ4n) is 3.49. The average molecular weight is 377 g/mol. The summed E-state index contributed by atoms with van der Waals surface area (Å²) in [6, 6.07) is 23.5. The largest absolute Gasteiger partial charge is 0.268 e. The Morgan fingerprint density at radius 3 is 2.19 bits per heavy atom. The Labute approximate surface area is 159 Å². The number of carbonyl (C=O) groups is 1. The van der Waals surface area contributed by atoms with Gasteiger partial charge in [-0.2, -0.15) is 0 Å². The maximum Gasteiger partial charge on any atom is 0.267 e. The number of hydrogen-bond donors (Lipinski definition) is 0. The van der Waals surface area contributed by atoms with Gasteiger partial charge in [0.2, 0.25) is 0 Å². The van der Waals surface area contributed by atoms with Gasteiger partial charge >= 0.3 is 0 Å². The summed E-state index contributed by atoms with van der Waals surface area (Å²) in [5.74, 6) is -0.668. The maximum atomic E-state index is 13.2. The van der Waals surface area contributed by atoms with E-state index in [1.54, 1.807) is 36.4 Å². The third kappa shape index (κ3) is 3.04. The van der Waals surface area contributed by atoms with Gasteiger partial charge in [-0.1, -0.05) is 66.2 Å². The standard InChI is InChI=1S/C22H19NO3S/c1-16-11-13-18(14-12-16)27(25,26)23-15-21(17-7-3-2-4-8-17)19-9-5-6-10-20(19)22(23)24/h2-14,21H,15H2,1H3/t21-/m0/s1. The number of rotatable bonds is 3. The van der Waals surface area contributed by atoms with Crippen LogP contribution in [0.4, 0.5) is 0 Å². The summed E-state index contributed by atoms with van der Waals surface area (Å²) in [7, 11) is -3.93. The zero-order valence-electron chi connectivity index (χ0n) is 14.9. The molecule has 3 aromatic carbocycles. The highest BCUT2D eigenvalue weighted by Gasteiger charge is 2.39. The van der Waals surface area contributed by atoms with Crippen LogP contribution in [0.3, 0.4) is 0 Å². The molecule has 1 aliphatic heterocycles. The van der Waals surface area contributed by atoms with E-state index < -0.39 is 15.9 Å². The van der Waals surface area contributed by atoms with E-state index in [9.17, 15) is 13.2 Å². The number of benzene rings is 3. The van der Waals surface area contributed by atoms with Crippen LogP contribution in [0.2, 0.25) is 0 Å². The molecule has 0 aromatic heterocycles. The van der Waals surface area contributed by atoms with E-state index in [2.05, 4.69) is 0 Å². The van der Waals surface area contributed by atoms with Gasteiger partial charge in [0.1, 0.15) is 0 Å². The van der Waals surface area contributed by atoms with Gasteiger partial charge in [-0.3, -0.25) is 4.79 Å². The third-order valence-corrected chi connectivity index (χ3v) is 6.72. The van der Waals surface area contributed by atoms with Crippen LogP contribution >= 0.6 is 0 Å². The van der Waals surface area contributed by atoms with Gasteiger partial charge in [0.15, 0.2) is 0 Å². The van der Waals surface area contributed by atoms with Crippen LogP contribution in [0.5, 0.6) is 0 Å². The van der Waals surface area contributed by atoms with E-state index in [-0.39, 0.29) is 17.4 Å². The number of nitrogens with zero attached hydrogens (tertiary/aromatic N) is 1. The summed E-state index contributed by atoms with van der Waals surface area (Å²) in [6.45, 7) is 1.99. The number of fused-ring (bicyclic) bond motifs is 1. The Morgan fingerprint density at radius 2 is 1.48 bits per heavy atom. The minimum absolute atomic E-state index is 0.0933. The van der Waals surface area contributed by atoms with Crippen LogP contribution in [-0.2, 0) is 10.0 Å². The quantitative estimate of drug-likeness (QED) is 0.694. The highest BCUT2D eigenvalue weighted by molar-refractivity contribution is 7.89. The van der Waals surface area contributed by atoms with Gasteiger partial charge in [0, 0.05) is 18.0 Å². The molecule has 0 N–H and O–H groups in total. The molecule has 1 atom stereocenters. The lowest BCUT2D eigenvalue weighted by Crippen LogP contribution is -2.44. The minimum atomic E-state index is -3.93. The first-order valence-electron chi connectivity index (χ1n) is 8.76. The zero-order valence-corrected chi connectivity index (χ0v) is 15.7. The van der Waals surface area contributed by atoms with E-state index in [0.717, 1.165) is 21.0 Å². The van der Waals surface area contributed by atoms with E-state index in [4.69, 9.17) is 0 Å². The minimum Gasteiger partial charge on any atom is -0.268 e. The van der Waals surface area contributed by atoms with Crippen LogP contribution in [0.25, 0.3) is 0 Å². The zero-order chi connectivity index (χ0) is 19.0. The maximum absolute atomic E-state index is 13.2. The fourth-order valence-corrected chi connectivity index (χ4v) is 4.89. The molecule has 0 spiro atoms. The molecule has 0 aliphatic carbocycles. The second kappa shape index (κ2) is 6.67. The van der Waals surface area contributed by atoms with Gasteiger partial charge in [-0.25, -0.2) is 12.7 Å². The Hall–Kier alpha value is -2.92. The second-order valence-corrected chi connectivity index (χ2v) is 8.57. The van der Waals surface area contributed by atoms with E-state index in [1.807, 2.05) is 49.4 Å². The first kappa shape index (κ1) is 17.5. The number of sulfonamides is 1. The van der Waals surface area contributed by atoms with Crippen molar-refractivity contribution in [1.29, 1.82) is 0 Å². The normalized spacial score (nSPS) is 16.9. The number of carbonyl (C=O) groups excluding carboxylic acids is 1. The molecular weight excluding hydrogens is 358 g/mol.